The molecule has 0 aliphatic rings. The third-order valence-corrected chi connectivity index (χ3v) is 4.26. The van der Waals surface area contributed by atoms with Gasteiger partial charge in [0.05, 0.1) is 0 Å². The van der Waals surface area contributed by atoms with Gasteiger partial charge in [0.25, 0.3) is 0 Å². The summed E-state index contributed by atoms with van der Waals surface area (Å²) in [5.41, 5.74) is 7.00. The summed E-state index contributed by atoms with van der Waals surface area (Å²) in [6.07, 6.45) is 2.20. The summed E-state index contributed by atoms with van der Waals surface area (Å²) in [6.45, 7) is 7.11. The van der Waals surface area contributed by atoms with Crippen LogP contribution in [0.2, 0.25) is 0 Å². The van der Waals surface area contributed by atoms with E-state index in [4.69, 9.17) is 5.73 Å². The zero-order chi connectivity index (χ0) is 10.7. The van der Waals surface area contributed by atoms with Crippen molar-refractivity contribution in [2.45, 2.75) is 20.8 Å². The fourth-order valence-corrected chi connectivity index (χ4v) is 2.73. The molecular formula is C11H16BrNS. The first-order valence-electron chi connectivity index (χ1n) is 4.71. The summed E-state index contributed by atoms with van der Waals surface area (Å²) in [4.78, 5) is 2.60. The Morgan fingerprint density at radius 3 is 2.64 bits per heavy atom. The van der Waals surface area contributed by atoms with Gasteiger partial charge >= 0.3 is 0 Å². The Morgan fingerprint density at radius 1 is 1.64 bits per heavy atom. The molecule has 0 bridgehead atoms. The molecule has 0 spiro atoms. The van der Waals surface area contributed by atoms with E-state index in [0.717, 1.165) is 0 Å². The van der Waals surface area contributed by atoms with Gasteiger partial charge in [0.2, 0.25) is 0 Å². The first-order valence-corrected chi connectivity index (χ1v) is 6.32. The van der Waals surface area contributed by atoms with Crippen LogP contribution in [0.1, 0.15) is 23.6 Å². The Kier molecular flexibility index (Phi) is 4.35. The molecule has 0 radical (unpaired) electrons. The number of hydrogen-bond acceptors (Lipinski definition) is 2. The first-order chi connectivity index (χ1) is 6.54. The third kappa shape index (κ3) is 2.94. The van der Waals surface area contributed by atoms with Gasteiger partial charge in [-0.1, -0.05) is 19.4 Å². The van der Waals surface area contributed by atoms with Crippen molar-refractivity contribution in [3.63, 3.8) is 0 Å². The average Bonchev–Trinajstić information content (AvgIpc) is 2.41. The van der Waals surface area contributed by atoms with Crippen molar-refractivity contribution in [3.8, 4) is 0 Å². The summed E-state index contributed by atoms with van der Waals surface area (Å²) >= 11 is 5.31. The van der Waals surface area contributed by atoms with Crippen LogP contribution in [0.3, 0.4) is 0 Å². The molecule has 3 heteroatoms. The fraction of sp³-hybridized carbons (Fsp3) is 0.455. The topological polar surface area (TPSA) is 26.0 Å². The molecular weight excluding hydrogens is 258 g/mol. The maximum absolute atomic E-state index is 5.69. The molecule has 0 saturated carbocycles. The molecule has 0 fully saturated rings. The SMILES string of the molecule is Cc1sc(/C=C(/CN)C(C)C)cc1Br. The predicted octanol–water partition coefficient (Wildman–Crippen LogP) is 3.82. The maximum Gasteiger partial charge on any atom is 0.0317 e. The van der Waals surface area contributed by atoms with Gasteiger partial charge in [0.1, 0.15) is 0 Å². The first kappa shape index (κ1) is 12.0. The third-order valence-electron chi connectivity index (χ3n) is 2.18. The molecule has 0 amide bonds. The van der Waals surface area contributed by atoms with Crippen LogP contribution in [-0.2, 0) is 0 Å². The molecule has 1 rings (SSSR count). The number of aryl methyl sites for hydroxylation is 1. The zero-order valence-corrected chi connectivity index (χ0v) is 11.2. The Morgan fingerprint density at radius 2 is 2.29 bits per heavy atom. The van der Waals surface area contributed by atoms with Crippen LogP contribution < -0.4 is 5.73 Å². The Bertz CT molecular complexity index is 320. The van der Waals surface area contributed by atoms with Gasteiger partial charge in [0, 0.05) is 20.8 Å². The van der Waals surface area contributed by atoms with Crippen molar-refractivity contribution in [1.82, 2.24) is 0 Å². The van der Waals surface area contributed by atoms with Gasteiger partial charge in [-0.2, -0.15) is 0 Å². The lowest BCUT2D eigenvalue weighted by atomic mass is 10.0. The molecule has 0 aliphatic carbocycles. The number of halogens is 1. The lowest BCUT2D eigenvalue weighted by Crippen LogP contribution is -2.07. The van der Waals surface area contributed by atoms with E-state index in [2.05, 4.69) is 48.8 Å². The van der Waals surface area contributed by atoms with Crippen molar-refractivity contribution < 1.29 is 0 Å². The second-order valence-electron chi connectivity index (χ2n) is 3.63. The Hall–Kier alpha value is -0.120. The fourth-order valence-electron chi connectivity index (χ4n) is 1.20. The van der Waals surface area contributed by atoms with E-state index in [1.807, 2.05) is 0 Å². The number of thiophene rings is 1. The maximum atomic E-state index is 5.69. The molecule has 78 valence electrons. The quantitative estimate of drug-likeness (QED) is 0.891. The predicted molar refractivity (Wildman–Crippen MR) is 68.6 cm³/mol. The number of rotatable bonds is 3. The van der Waals surface area contributed by atoms with Crippen LogP contribution in [0, 0.1) is 12.8 Å². The Labute approximate surface area is 98.1 Å². The van der Waals surface area contributed by atoms with Crippen LogP contribution in [0.25, 0.3) is 6.08 Å². The Balaban J connectivity index is 2.94. The van der Waals surface area contributed by atoms with Crippen molar-refractivity contribution in [1.29, 1.82) is 0 Å². The van der Waals surface area contributed by atoms with Crippen LogP contribution in [0.15, 0.2) is 16.1 Å². The lowest BCUT2D eigenvalue weighted by molar-refractivity contribution is 0.753. The second kappa shape index (κ2) is 5.10. The van der Waals surface area contributed by atoms with Gasteiger partial charge in [-0.3, -0.25) is 0 Å². The summed E-state index contributed by atoms with van der Waals surface area (Å²) < 4.78 is 1.19. The molecule has 0 aliphatic heterocycles. The van der Waals surface area contributed by atoms with Gasteiger partial charge in [0.15, 0.2) is 0 Å². The minimum Gasteiger partial charge on any atom is -0.327 e. The van der Waals surface area contributed by atoms with Gasteiger partial charge in [-0.05, 0) is 40.9 Å². The highest BCUT2D eigenvalue weighted by Crippen LogP contribution is 2.28. The van der Waals surface area contributed by atoms with Crippen LogP contribution in [-0.4, -0.2) is 6.54 Å². The molecule has 0 unspecified atom stereocenters. The van der Waals surface area contributed by atoms with Crippen molar-refractivity contribution in [2.24, 2.45) is 11.7 Å². The minimum atomic E-state index is 0.529. The summed E-state index contributed by atoms with van der Waals surface area (Å²) in [6, 6.07) is 2.15. The van der Waals surface area contributed by atoms with Crippen molar-refractivity contribution in [2.75, 3.05) is 6.54 Å². The number of nitrogens with two attached hydrogens (primary N) is 1. The molecule has 1 aromatic rings. The molecule has 14 heavy (non-hydrogen) atoms. The summed E-state index contributed by atoms with van der Waals surface area (Å²) in [5, 5.41) is 0. The van der Waals surface area contributed by atoms with E-state index < -0.39 is 0 Å². The van der Waals surface area contributed by atoms with Crippen LogP contribution in [0.5, 0.6) is 0 Å². The van der Waals surface area contributed by atoms with Gasteiger partial charge in [-0.25, -0.2) is 0 Å². The van der Waals surface area contributed by atoms with E-state index in [1.165, 1.54) is 19.8 Å². The number of hydrogen-bond donors (Lipinski definition) is 1. The van der Waals surface area contributed by atoms with Gasteiger partial charge in [-0.15, -0.1) is 11.3 Å². The van der Waals surface area contributed by atoms with E-state index in [9.17, 15) is 0 Å². The molecule has 1 aromatic heterocycles. The highest BCUT2D eigenvalue weighted by Gasteiger charge is 2.04. The monoisotopic (exact) mass is 273 g/mol. The van der Waals surface area contributed by atoms with E-state index in [1.54, 1.807) is 11.3 Å². The molecule has 1 heterocycles. The molecule has 2 N–H and O–H groups in total. The summed E-state index contributed by atoms with van der Waals surface area (Å²) in [5.74, 6) is 0.529. The van der Waals surface area contributed by atoms with Crippen LogP contribution in [0.4, 0.5) is 0 Å². The second-order valence-corrected chi connectivity index (χ2v) is 5.77. The normalized spacial score (nSPS) is 12.6. The molecule has 0 saturated heterocycles. The zero-order valence-electron chi connectivity index (χ0n) is 8.80. The molecule has 0 atom stereocenters. The van der Waals surface area contributed by atoms with E-state index in [0.29, 0.717) is 12.5 Å². The smallest absolute Gasteiger partial charge is 0.0317 e. The largest absolute Gasteiger partial charge is 0.327 e. The standard InChI is InChI=1S/C11H16BrNS/c1-7(2)9(6-13)4-10-5-11(12)8(3)14-10/h4-5,7H,6,13H2,1-3H3/b9-4-. The van der Waals surface area contributed by atoms with E-state index >= 15 is 0 Å². The van der Waals surface area contributed by atoms with Crippen molar-refractivity contribution >= 4 is 33.3 Å². The summed E-state index contributed by atoms with van der Waals surface area (Å²) in [7, 11) is 0. The molecule has 1 nitrogen and oxygen atoms in total. The molecule has 0 aromatic carbocycles. The highest BCUT2D eigenvalue weighted by molar-refractivity contribution is 9.10. The van der Waals surface area contributed by atoms with Gasteiger partial charge < -0.3 is 5.73 Å². The van der Waals surface area contributed by atoms with Crippen LogP contribution >= 0.6 is 27.3 Å². The van der Waals surface area contributed by atoms with E-state index in [-0.39, 0.29) is 0 Å². The average molecular weight is 274 g/mol. The lowest BCUT2D eigenvalue weighted by Gasteiger charge is -2.07. The minimum absolute atomic E-state index is 0.529. The van der Waals surface area contributed by atoms with Crippen molar-refractivity contribution in [3.05, 3.63) is 25.9 Å². The highest BCUT2D eigenvalue weighted by atomic mass is 79.9.